The van der Waals surface area contributed by atoms with Crippen molar-refractivity contribution in [2.24, 2.45) is 0 Å². The zero-order chi connectivity index (χ0) is 18.5. The minimum atomic E-state index is -0.322. The summed E-state index contributed by atoms with van der Waals surface area (Å²) in [7, 11) is 0. The molecule has 0 saturated carbocycles. The molecule has 3 N–H and O–H groups in total. The lowest BCUT2D eigenvalue weighted by atomic mass is 10.1. The molecule has 3 aromatic rings. The van der Waals surface area contributed by atoms with E-state index in [2.05, 4.69) is 21.3 Å². The van der Waals surface area contributed by atoms with E-state index in [0.29, 0.717) is 10.7 Å². The third kappa shape index (κ3) is 4.07. The summed E-state index contributed by atoms with van der Waals surface area (Å²) in [6, 6.07) is 15.5. The summed E-state index contributed by atoms with van der Waals surface area (Å²) in [4.78, 5) is 12.3. The number of hydrogen-bond donors (Lipinski definition) is 3. The molecule has 1 amide bonds. The van der Waals surface area contributed by atoms with Gasteiger partial charge in [-0.25, -0.2) is 4.68 Å². The Kier molecular flexibility index (Phi) is 5.28. The van der Waals surface area contributed by atoms with Crippen LogP contribution in [0.15, 0.2) is 60.9 Å². The summed E-state index contributed by atoms with van der Waals surface area (Å²) in [5, 5.41) is 7.58. The molecule has 0 atom stereocenters. The fraction of sp³-hybridized carbons (Fsp3) is 0.105. The first-order valence-corrected chi connectivity index (χ1v) is 8.49. The Balaban J connectivity index is 1.58. The molecule has 6 nitrogen and oxygen atoms in total. The molecule has 0 aliphatic carbocycles. The number of hydrogen-bond acceptors (Lipinski definition) is 3. The van der Waals surface area contributed by atoms with Crippen LogP contribution in [-0.4, -0.2) is 20.8 Å². The van der Waals surface area contributed by atoms with Gasteiger partial charge in [-0.3, -0.25) is 15.6 Å². The number of hydrazine groups is 1. The Labute approximate surface area is 157 Å². The first kappa shape index (κ1) is 17.6. The number of carbonyl (C=O) groups excluding carboxylic acids is 1. The molecule has 0 radical (unpaired) electrons. The van der Waals surface area contributed by atoms with Crippen molar-refractivity contribution in [2.75, 3.05) is 5.32 Å². The topological polar surface area (TPSA) is 71.0 Å². The van der Waals surface area contributed by atoms with Crippen LogP contribution in [-0.2, 0) is 0 Å². The molecule has 3 rings (SSSR count). The fourth-order valence-corrected chi connectivity index (χ4v) is 2.55. The Morgan fingerprint density at radius 1 is 1.04 bits per heavy atom. The summed E-state index contributed by atoms with van der Waals surface area (Å²) in [5.41, 5.74) is 9.75. The number of amides is 1. The van der Waals surface area contributed by atoms with Crippen molar-refractivity contribution in [3.63, 3.8) is 0 Å². The third-order valence-corrected chi connectivity index (χ3v) is 4.21. The van der Waals surface area contributed by atoms with Gasteiger partial charge in [-0.15, -0.1) is 0 Å². The molecular formula is C19H19N5OS. The van der Waals surface area contributed by atoms with E-state index in [1.165, 1.54) is 6.20 Å². The van der Waals surface area contributed by atoms with Gasteiger partial charge < -0.3 is 5.32 Å². The first-order chi connectivity index (χ1) is 12.5. The van der Waals surface area contributed by atoms with Crippen molar-refractivity contribution in [3.8, 4) is 5.69 Å². The molecule has 0 fully saturated rings. The second-order valence-electron chi connectivity index (χ2n) is 5.79. The molecule has 0 bridgehead atoms. The molecule has 0 saturated heterocycles. The van der Waals surface area contributed by atoms with E-state index in [0.717, 1.165) is 22.5 Å². The Hall–Kier alpha value is -3.19. The van der Waals surface area contributed by atoms with Gasteiger partial charge in [0.25, 0.3) is 5.91 Å². The molecule has 26 heavy (non-hydrogen) atoms. The second kappa shape index (κ2) is 7.79. The number of aryl methyl sites for hydroxylation is 1. The van der Waals surface area contributed by atoms with Crippen LogP contribution in [0.1, 0.15) is 21.5 Å². The highest BCUT2D eigenvalue weighted by Gasteiger charge is 2.10. The van der Waals surface area contributed by atoms with Crippen LogP contribution in [0.4, 0.5) is 5.69 Å². The second-order valence-corrected chi connectivity index (χ2v) is 6.20. The van der Waals surface area contributed by atoms with E-state index in [-0.39, 0.29) is 5.91 Å². The van der Waals surface area contributed by atoms with Gasteiger partial charge in [0.1, 0.15) is 0 Å². The standard InChI is InChI=1S/C19H19N5OS/c1-13-7-6-10-17(14(13)2)21-19(26)23-22-18(25)15-11-20-24(12-15)16-8-4-3-5-9-16/h3-12H,1-2H3,(H,22,25)(H2,21,23,26). The Bertz CT molecular complexity index is 936. The molecular weight excluding hydrogens is 346 g/mol. The lowest BCUT2D eigenvalue weighted by Crippen LogP contribution is -2.43. The van der Waals surface area contributed by atoms with Gasteiger partial charge in [-0.05, 0) is 55.4 Å². The minimum Gasteiger partial charge on any atom is -0.331 e. The van der Waals surface area contributed by atoms with Gasteiger partial charge in [0.05, 0.1) is 17.4 Å². The molecule has 0 aliphatic heterocycles. The highest BCUT2D eigenvalue weighted by molar-refractivity contribution is 7.80. The smallest absolute Gasteiger partial charge is 0.272 e. The van der Waals surface area contributed by atoms with Crippen LogP contribution < -0.4 is 16.2 Å². The predicted molar refractivity (Wildman–Crippen MR) is 106 cm³/mol. The van der Waals surface area contributed by atoms with E-state index in [1.54, 1.807) is 10.9 Å². The molecule has 0 spiro atoms. The van der Waals surface area contributed by atoms with Crippen molar-refractivity contribution >= 4 is 28.9 Å². The van der Waals surface area contributed by atoms with Gasteiger partial charge in [0.15, 0.2) is 5.11 Å². The van der Waals surface area contributed by atoms with Gasteiger partial charge in [0, 0.05) is 11.9 Å². The van der Waals surface area contributed by atoms with Gasteiger partial charge in [-0.1, -0.05) is 30.3 Å². The number of nitrogens with zero attached hydrogens (tertiary/aromatic N) is 2. The zero-order valence-corrected chi connectivity index (χ0v) is 15.3. The number of benzene rings is 2. The van der Waals surface area contributed by atoms with Gasteiger partial charge in [-0.2, -0.15) is 5.10 Å². The van der Waals surface area contributed by atoms with Crippen LogP contribution in [0.3, 0.4) is 0 Å². The van der Waals surface area contributed by atoms with E-state index in [1.807, 2.05) is 62.4 Å². The number of rotatable bonds is 3. The predicted octanol–water partition coefficient (Wildman–Crippen LogP) is 3.12. The molecule has 0 aliphatic rings. The summed E-state index contributed by atoms with van der Waals surface area (Å²) >= 11 is 5.23. The number of nitrogens with one attached hydrogen (secondary N) is 3. The van der Waals surface area contributed by atoms with E-state index in [9.17, 15) is 4.79 Å². The van der Waals surface area contributed by atoms with Gasteiger partial charge >= 0.3 is 0 Å². The molecule has 132 valence electrons. The van der Waals surface area contributed by atoms with Crippen molar-refractivity contribution in [1.82, 2.24) is 20.6 Å². The van der Waals surface area contributed by atoms with Crippen molar-refractivity contribution in [2.45, 2.75) is 13.8 Å². The first-order valence-electron chi connectivity index (χ1n) is 8.08. The number of aromatic nitrogens is 2. The monoisotopic (exact) mass is 365 g/mol. The van der Waals surface area contributed by atoms with Crippen LogP contribution in [0.25, 0.3) is 5.69 Å². The SMILES string of the molecule is Cc1cccc(NC(=S)NNC(=O)c2cnn(-c3ccccc3)c2)c1C. The van der Waals surface area contributed by atoms with Crippen molar-refractivity contribution in [1.29, 1.82) is 0 Å². The van der Waals surface area contributed by atoms with Crippen molar-refractivity contribution in [3.05, 3.63) is 77.6 Å². The van der Waals surface area contributed by atoms with Gasteiger partial charge in [0.2, 0.25) is 0 Å². The lowest BCUT2D eigenvalue weighted by Gasteiger charge is -2.14. The molecule has 2 aromatic carbocycles. The van der Waals surface area contributed by atoms with E-state index < -0.39 is 0 Å². The third-order valence-electron chi connectivity index (χ3n) is 4.01. The molecule has 7 heteroatoms. The van der Waals surface area contributed by atoms with Crippen LogP contribution in [0, 0.1) is 13.8 Å². The summed E-state index contributed by atoms with van der Waals surface area (Å²) in [6.45, 7) is 4.04. The normalized spacial score (nSPS) is 10.2. The number of anilines is 1. The zero-order valence-electron chi connectivity index (χ0n) is 14.5. The summed E-state index contributed by atoms with van der Waals surface area (Å²) in [6.07, 6.45) is 3.17. The number of carbonyl (C=O) groups is 1. The van der Waals surface area contributed by atoms with Crippen LogP contribution in [0.2, 0.25) is 0 Å². The molecule has 1 aromatic heterocycles. The summed E-state index contributed by atoms with van der Waals surface area (Å²) in [5.74, 6) is -0.322. The fourth-order valence-electron chi connectivity index (χ4n) is 2.39. The summed E-state index contributed by atoms with van der Waals surface area (Å²) < 4.78 is 1.64. The maximum absolute atomic E-state index is 12.3. The van der Waals surface area contributed by atoms with Crippen LogP contribution in [0.5, 0.6) is 0 Å². The maximum atomic E-state index is 12.3. The molecule has 1 heterocycles. The lowest BCUT2D eigenvalue weighted by molar-refractivity contribution is 0.0944. The van der Waals surface area contributed by atoms with Crippen LogP contribution >= 0.6 is 12.2 Å². The van der Waals surface area contributed by atoms with E-state index in [4.69, 9.17) is 12.2 Å². The molecule has 0 unspecified atom stereocenters. The van der Waals surface area contributed by atoms with Crippen molar-refractivity contribution < 1.29 is 4.79 Å². The maximum Gasteiger partial charge on any atom is 0.272 e. The largest absolute Gasteiger partial charge is 0.331 e. The average molecular weight is 365 g/mol. The minimum absolute atomic E-state index is 0.308. The average Bonchev–Trinajstić information content (AvgIpc) is 3.14. The number of thiocarbonyl (C=S) groups is 1. The van der Waals surface area contributed by atoms with E-state index >= 15 is 0 Å². The highest BCUT2D eigenvalue weighted by Crippen LogP contribution is 2.17. The Morgan fingerprint density at radius 3 is 2.58 bits per heavy atom. The highest BCUT2D eigenvalue weighted by atomic mass is 32.1. The quantitative estimate of drug-likeness (QED) is 0.491. The Morgan fingerprint density at radius 2 is 1.81 bits per heavy atom. The number of para-hydroxylation sites is 1.